The molecule has 0 saturated carbocycles. The number of nitrogens with one attached hydrogen (secondary N) is 1. The molecule has 4 aromatic rings. The smallest absolute Gasteiger partial charge is 0.278 e. The first kappa shape index (κ1) is 21.3. The molecule has 1 N–H and O–H groups in total. The molecule has 3 aromatic heterocycles. The zero-order valence-electron chi connectivity index (χ0n) is 17.2. The standard InChI is InChI=1S/C21H20BrClN6O2/c1-12-19(22)13(2)29(26-12)9-15-5-4-6-17(7-15)25-21(30)20-18(14(3)31-27-20)11-28-10-16(23)8-24-28/h4-8,10H,9,11H2,1-3H3,(H,25,30). The van der Waals surface area contributed by atoms with Gasteiger partial charge in [0, 0.05) is 17.4 Å². The quantitative estimate of drug-likeness (QED) is 0.410. The molecule has 0 atom stereocenters. The first-order chi connectivity index (χ1) is 14.8. The monoisotopic (exact) mass is 502 g/mol. The van der Waals surface area contributed by atoms with Crippen LogP contribution in [0.5, 0.6) is 0 Å². The summed E-state index contributed by atoms with van der Waals surface area (Å²) in [6.45, 7) is 6.65. The van der Waals surface area contributed by atoms with Crippen LogP contribution in [0.3, 0.4) is 0 Å². The van der Waals surface area contributed by atoms with E-state index in [4.69, 9.17) is 16.1 Å². The third-order valence-electron chi connectivity index (χ3n) is 4.93. The molecular weight excluding hydrogens is 484 g/mol. The van der Waals surface area contributed by atoms with Gasteiger partial charge in [-0.15, -0.1) is 0 Å². The number of carbonyl (C=O) groups is 1. The second-order valence-corrected chi connectivity index (χ2v) is 8.45. The van der Waals surface area contributed by atoms with Crippen molar-refractivity contribution in [3.63, 3.8) is 0 Å². The number of aryl methyl sites for hydroxylation is 2. The van der Waals surface area contributed by atoms with E-state index in [0.717, 1.165) is 21.4 Å². The fourth-order valence-electron chi connectivity index (χ4n) is 3.28. The average molecular weight is 504 g/mol. The molecule has 8 nitrogen and oxygen atoms in total. The fraction of sp³-hybridized carbons (Fsp3) is 0.238. The lowest BCUT2D eigenvalue weighted by Crippen LogP contribution is -2.16. The number of rotatable bonds is 6. The van der Waals surface area contributed by atoms with Gasteiger partial charge in [0.25, 0.3) is 5.91 Å². The predicted molar refractivity (Wildman–Crippen MR) is 120 cm³/mol. The van der Waals surface area contributed by atoms with Crippen LogP contribution >= 0.6 is 27.5 Å². The van der Waals surface area contributed by atoms with Crippen molar-refractivity contribution in [3.8, 4) is 0 Å². The van der Waals surface area contributed by atoms with Crippen LogP contribution in [0.2, 0.25) is 5.02 Å². The first-order valence-electron chi connectivity index (χ1n) is 9.54. The van der Waals surface area contributed by atoms with Crippen LogP contribution in [0, 0.1) is 20.8 Å². The Morgan fingerprint density at radius 1 is 1.26 bits per heavy atom. The average Bonchev–Trinajstić information content (AvgIpc) is 3.38. The second-order valence-electron chi connectivity index (χ2n) is 7.22. The summed E-state index contributed by atoms with van der Waals surface area (Å²) in [7, 11) is 0. The third kappa shape index (κ3) is 4.57. The second kappa shape index (κ2) is 8.68. The number of amides is 1. The van der Waals surface area contributed by atoms with Crippen LogP contribution in [0.1, 0.15) is 38.8 Å². The Balaban J connectivity index is 1.52. The molecule has 160 valence electrons. The van der Waals surface area contributed by atoms with Gasteiger partial charge in [0.15, 0.2) is 5.69 Å². The van der Waals surface area contributed by atoms with Crippen molar-refractivity contribution in [3.05, 3.63) is 80.1 Å². The lowest BCUT2D eigenvalue weighted by Gasteiger charge is -2.09. The van der Waals surface area contributed by atoms with Crippen molar-refractivity contribution < 1.29 is 9.32 Å². The summed E-state index contributed by atoms with van der Waals surface area (Å²) in [6, 6.07) is 7.64. The number of aromatic nitrogens is 5. The molecule has 0 radical (unpaired) electrons. The Morgan fingerprint density at radius 3 is 2.74 bits per heavy atom. The number of nitrogens with zero attached hydrogens (tertiary/aromatic N) is 5. The van der Waals surface area contributed by atoms with Gasteiger partial charge < -0.3 is 9.84 Å². The van der Waals surface area contributed by atoms with Gasteiger partial charge in [-0.25, -0.2) is 0 Å². The molecule has 1 amide bonds. The Hall–Kier alpha value is -2.91. The molecule has 4 rings (SSSR count). The zero-order chi connectivity index (χ0) is 22.1. The van der Waals surface area contributed by atoms with E-state index in [2.05, 4.69) is 36.6 Å². The Morgan fingerprint density at radius 2 is 2.06 bits per heavy atom. The maximum Gasteiger partial charge on any atom is 0.278 e. The van der Waals surface area contributed by atoms with Gasteiger partial charge in [-0.2, -0.15) is 10.2 Å². The third-order valence-corrected chi connectivity index (χ3v) is 6.27. The highest BCUT2D eigenvalue weighted by Crippen LogP contribution is 2.22. The molecule has 10 heteroatoms. The van der Waals surface area contributed by atoms with Gasteiger partial charge >= 0.3 is 0 Å². The minimum Gasteiger partial charge on any atom is -0.361 e. The van der Waals surface area contributed by atoms with E-state index in [1.165, 1.54) is 6.20 Å². The van der Waals surface area contributed by atoms with Crippen LogP contribution in [-0.4, -0.2) is 30.6 Å². The van der Waals surface area contributed by atoms with Gasteiger partial charge in [0.05, 0.1) is 40.2 Å². The molecule has 0 fully saturated rings. The van der Waals surface area contributed by atoms with Crippen molar-refractivity contribution in [1.82, 2.24) is 24.7 Å². The minimum absolute atomic E-state index is 0.219. The molecule has 0 aliphatic heterocycles. The molecule has 0 saturated heterocycles. The fourth-order valence-corrected chi connectivity index (χ4v) is 3.72. The Kier molecular flexibility index (Phi) is 5.97. The largest absolute Gasteiger partial charge is 0.361 e. The van der Waals surface area contributed by atoms with E-state index in [9.17, 15) is 4.79 Å². The molecule has 0 bridgehead atoms. The van der Waals surface area contributed by atoms with Crippen LogP contribution in [-0.2, 0) is 13.1 Å². The SMILES string of the molecule is Cc1nn(Cc2cccc(NC(=O)c3noc(C)c3Cn3cc(Cl)cn3)c2)c(C)c1Br. The Labute approximate surface area is 192 Å². The summed E-state index contributed by atoms with van der Waals surface area (Å²) in [6.07, 6.45) is 3.22. The number of anilines is 1. The van der Waals surface area contributed by atoms with E-state index in [1.807, 2.05) is 42.8 Å². The zero-order valence-corrected chi connectivity index (χ0v) is 19.5. The van der Waals surface area contributed by atoms with Crippen molar-refractivity contribution >= 4 is 39.1 Å². The van der Waals surface area contributed by atoms with Gasteiger partial charge in [-0.3, -0.25) is 14.2 Å². The predicted octanol–water partition coefficient (Wildman–Crippen LogP) is 4.76. The maximum absolute atomic E-state index is 12.9. The summed E-state index contributed by atoms with van der Waals surface area (Å²) in [5, 5.41) is 16.1. The van der Waals surface area contributed by atoms with Gasteiger partial charge in [-0.05, 0) is 54.4 Å². The number of carbonyl (C=O) groups excluding carboxylic acids is 1. The van der Waals surface area contributed by atoms with Crippen molar-refractivity contribution in [2.24, 2.45) is 0 Å². The molecular formula is C21H20BrClN6O2. The molecule has 31 heavy (non-hydrogen) atoms. The summed E-state index contributed by atoms with van der Waals surface area (Å²) < 4.78 is 9.82. The van der Waals surface area contributed by atoms with Crippen molar-refractivity contribution in [2.75, 3.05) is 5.32 Å². The van der Waals surface area contributed by atoms with E-state index in [1.54, 1.807) is 17.8 Å². The van der Waals surface area contributed by atoms with Crippen molar-refractivity contribution in [1.29, 1.82) is 0 Å². The van der Waals surface area contributed by atoms with E-state index in [-0.39, 0.29) is 11.6 Å². The number of benzene rings is 1. The lowest BCUT2D eigenvalue weighted by atomic mass is 10.1. The normalized spacial score (nSPS) is 11.1. The summed E-state index contributed by atoms with van der Waals surface area (Å²) in [5.41, 5.74) is 4.54. The summed E-state index contributed by atoms with van der Waals surface area (Å²) in [4.78, 5) is 12.9. The van der Waals surface area contributed by atoms with Crippen molar-refractivity contribution in [2.45, 2.75) is 33.9 Å². The molecule has 0 aliphatic rings. The number of halogens is 2. The van der Waals surface area contributed by atoms with Gasteiger partial charge in [-0.1, -0.05) is 28.9 Å². The molecule has 3 heterocycles. The van der Waals surface area contributed by atoms with Gasteiger partial charge in [0.2, 0.25) is 0 Å². The van der Waals surface area contributed by atoms with Crippen LogP contribution < -0.4 is 5.32 Å². The lowest BCUT2D eigenvalue weighted by molar-refractivity contribution is 0.101. The molecule has 0 aliphatic carbocycles. The highest BCUT2D eigenvalue weighted by molar-refractivity contribution is 9.10. The highest BCUT2D eigenvalue weighted by Gasteiger charge is 2.21. The Bertz CT molecular complexity index is 1260. The minimum atomic E-state index is -0.351. The van der Waals surface area contributed by atoms with E-state index in [0.29, 0.717) is 35.1 Å². The molecule has 0 unspecified atom stereocenters. The van der Waals surface area contributed by atoms with Gasteiger partial charge in [0.1, 0.15) is 5.76 Å². The number of hydrogen-bond acceptors (Lipinski definition) is 5. The van der Waals surface area contributed by atoms with Crippen LogP contribution in [0.4, 0.5) is 5.69 Å². The van der Waals surface area contributed by atoms with Crippen LogP contribution in [0.15, 0.2) is 45.7 Å². The van der Waals surface area contributed by atoms with E-state index < -0.39 is 0 Å². The maximum atomic E-state index is 12.9. The highest BCUT2D eigenvalue weighted by atomic mass is 79.9. The number of hydrogen-bond donors (Lipinski definition) is 1. The van der Waals surface area contributed by atoms with Crippen LogP contribution in [0.25, 0.3) is 0 Å². The molecule has 0 spiro atoms. The topological polar surface area (TPSA) is 90.8 Å². The first-order valence-corrected chi connectivity index (χ1v) is 10.7. The molecule has 1 aromatic carbocycles. The van der Waals surface area contributed by atoms with E-state index >= 15 is 0 Å². The summed E-state index contributed by atoms with van der Waals surface area (Å²) >= 11 is 9.48. The summed E-state index contributed by atoms with van der Waals surface area (Å²) in [5.74, 6) is 0.205.